The number of imidazole rings is 1. The molecule has 3 rings (SSSR count). The Morgan fingerprint density at radius 1 is 1.04 bits per heavy atom. The van der Waals surface area contributed by atoms with Crippen molar-refractivity contribution in [3.8, 4) is 5.75 Å². The summed E-state index contributed by atoms with van der Waals surface area (Å²) in [5.41, 5.74) is 2.33. The summed E-state index contributed by atoms with van der Waals surface area (Å²) in [5.74, 6) is 0.922. The molecular weight excluding hydrogens is 346 g/mol. The van der Waals surface area contributed by atoms with Gasteiger partial charge in [-0.3, -0.25) is 4.90 Å². The number of aryl methyl sites for hydroxylation is 1. The maximum absolute atomic E-state index is 6.38. The van der Waals surface area contributed by atoms with Crippen LogP contribution in [0, 0.1) is 0 Å². The van der Waals surface area contributed by atoms with Gasteiger partial charge in [0, 0.05) is 49.2 Å². The molecule has 0 aliphatic heterocycles. The molecule has 1 aromatic heterocycles. The first-order chi connectivity index (χ1) is 12.8. The second kappa shape index (κ2) is 9.41. The lowest BCUT2D eigenvalue weighted by Gasteiger charge is -2.24. The zero-order valence-corrected chi connectivity index (χ0v) is 15.8. The number of hydrogen-bond donors (Lipinski definition) is 0. The van der Waals surface area contributed by atoms with E-state index >= 15 is 0 Å². The van der Waals surface area contributed by atoms with Gasteiger partial charge >= 0.3 is 0 Å². The molecule has 0 unspecified atom stereocenters. The first kappa shape index (κ1) is 18.5. The van der Waals surface area contributed by atoms with Gasteiger partial charge in [0.15, 0.2) is 0 Å². The molecule has 0 fully saturated rings. The van der Waals surface area contributed by atoms with Gasteiger partial charge in [0.25, 0.3) is 0 Å². The zero-order valence-electron chi connectivity index (χ0n) is 15.0. The van der Waals surface area contributed by atoms with Crippen LogP contribution in [0.1, 0.15) is 17.5 Å². The summed E-state index contributed by atoms with van der Waals surface area (Å²) in [7, 11) is 1.72. The lowest BCUT2D eigenvalue weighted by molar-refractivity contribution is 0.244. The molecule has 0 aliphatic carbocycles. The minimum Gasteiger partial charge on any atom is -0.496 e. The molecular formula is C21H24ClN3O. The quantitative estimate of drug-likeness (QED) is 0.550. The first-order valence-electron chi connectivity index (χ1n) is 8.79. The Kier molecular flexibility index (Phi) is 6.69. The van der Waals surface area contributed by atoms with E-state index in [0.717, 1.165) is 48.9 Å². The van der Waals surface area contributed by atoms with E-state index in [1.807, 2.05) is 49.1 Å². The predicted molar refractivity (Wildman–Crippen MR) is 105 cm³/mol. The van der Waals surface area contributed by atoms with Crippen molar-refractivity contribution in [3.63, 3.8) is 0 Å². The Morgan fingerprint density at radius 3 is 2.50 bits per heavy atom. The van der Waals surface area contributed by atoms with Gasteiger partial charge in [-0.1, -0.05) is 48.0 Å². The fourth-order valence-electron chi connectivity index (χ4n) is 3.05. The van der Waals surface area contributed by atoms with Gasteiger partial charge in [-0.05, 0) is 24.1 Å². The molecule has 0 radical (unpaired) electrons. The monoisotopic (exact) mass is 369 g/mol. The van der Waals surface area contributed by atoms with E-state index in [1.165, 1.54) is 5.56 Å². The third-order valence-electron chi connectivity index (χ3n) is 4.39. The Labute approximate surface area is 160 Å². The van der Waals surface area contributed by atoms with Crippen molar-refractivity contribution in [3.05, 3.63) is 83.4 Å². The number of halogens is 1. The van der Waals surface area contributed by atoms with Gasteiger partial charge in [0.1, 0.15) is 5.75 Å². The van der Waals surface area contributed by atoms with Crippen molar-refractivity contribution >= 4 is 11.6 Å². The average molecular weight is 370 g/mol. The highest BCUT2D eigenvalue weighted by Gasteiger charge is 2.12. The molecule has 136 valence electrons. The molecule has 1 heterocycles. The fraction of sp³-hybridized carbons (Fsp3) is 0.286. The normalized spacial score (nSPS) is 11.0. The molecule has 26 heavy (non-hydrogen) atoms. The highest BCUT2D eigenvalue weighted by molar-refractivity contribution is 6.31. The van der Waals surface area contributed by atoms with Crippen LogP contribution in [0.4, 0.5) is 0 Å². The summed E-state index contributed by atoms with van der Waals surface area (Å²) in [5, 5.41) is 0.812. The van der Waals surface area contributed by atoms with Crippen LogP contribution in [-0.4, -0.2) is 28.1 Å². The van der Waals surface area contributed by atoms with E-state index < -0.39 is 0 Å². The van der Waals surface area contributed by atoms with Crippen molar-refractivity contribution < 1.29 is 4.74 Å². The van der Waals surface area contributed by atoms with Crippen molar-refractivity contribution in [2.24, 2.45) is 0 Å². The fourth-order valence-corrected chi connectivity index (χ4v) is 3.25. The summed E-state index contributed by atoms with van der Waals surface area (Å²) in [4.78, 5) is 6.52. The SMILES string of the molecule is COc1ccccc1CN(CCCn1ccnc1)Cc1ccccc1Cl. The number of para-hydroxylation sites is 1. The second-order valence-electron chi connectivity index (χ2n) is 6.27. The predicted octanol–water partition coefficient (Wildman–Crippen LogP) is 4.64. The van der Waals surface area contributed by atoms with Crippen LogP contribution in [0.15, 0.2) is 67.3 Å². The van der Waals surface area contributed by atoms with Crippen molar-refractivity contribution in [1.29, 1.82) is 0 Å². The lowest BCUT2D eigenvalue weighted by atomic mass is 10.1. The van der Waals surface area contributed by atoms with Crippen LogP contribution >= 0.6 is 11.6 Å². The molecule has 2 aromatic carbocycles. The minimum absolute atomic E-state index is 0.807. The number of ether oxygens (including phenoxy) is 1. The van der Waals surface area contributed by atoms with Crippen molar-refractivity contribution in [2.75, 3.05) is 13.7 Å². The van der Waals surface area contributed by atoms with E-state index in [2.05, 4.69) is 32.7 Å². The number of rotatable bonds is 9. The van der Waals surface area contributed by atoms with Gasteiger partial charge < -0.3 is 9.30 Å². The van der Waals surface area contributed by atoms with Gasteiger partial charge in [-0.15, -0.1) is 0 Å². The maximum atomic E-state index is 6.38. The van der Waals surface area contributed by atoms with Gasteiger partial charge in [-0.25, -0.2) is 4.98 Å². The van der Waals surface area contributed by atoms with Crippen LogP contribution in [-0.2, 0) is 19.6 Å². The van der Waals surface area contributed by atoms with Gasteiger partial charge in [0.2, 0.25) is 0 Å². The number of benzene rings is 2. The number of methoxy groups -OCH3 is 1. The van der Waals surface area contributed by atoms with Crippen LogP contribution in [0.5, 0.6) is 5.75 Å². The summed E-state index contributed by atoms with van der Waals surface area (Å²) in [6.45, 7) is 3.53. The molecule has 5 heteroatoms. The van der Waals surface area contributed by atoms with E-state index in [4.69, 9.17) is 16.3 Å². The largest absolute Gasteiger partial charge is 0.496 e. The molecule has 4 nitrogen and oxygen atoms in total. The minimum atomic E-state index is 0.807. The standard InChI is InChI=1S/C21H24ClN3O/c1-26-21-10-5-3-8-19(21)16-25(13-6-12-24-14-11-23-17-24)15-18-7-2-4-9-20(18)22/h2-5,7-11,14,17H,6,12-13,15-16H2,1H3. The van der Waals surface area contributed by atoms with Crippen molar-refractivity contribution in [2.45, 2.75) is 26.1 Å². The Balaban J connectivity index is 1.70. The highest BCUT2D eigenvalue weighted by Crippen LogP contribution is 2.22. The van der Waals surface area contributed by atoms with E-state index in [1.54, 1.807) is 7.11 Å². The molecule has 0 atom stereocenters. The third-order valence-corrected chi connectivity index (χ3v) is 4.76. The summed E-state index contributed by atoms with van der Waals surface area (Å²) < 4.78 is 7.63. The first-order valence-corrected chi connectivity index (χ1v) is 9.17. The molecule has 0 spiro atoms. The smallest absolute Gasteiger partial charge is 0.123 e. The zero-order chi connectivity index (χ0) is 18.2. The van der Waals surface area contributed by atoms with E-state index in [-0.39, 0.29) is 0 Å². The maximum Gasteiger partial charge on any atom is 0.123 e. The third kappa shape index (κ3) is 5.10. The lowest BCUT2D eigenvalue weighted by Crippen LogP contribution is -2.25. The van der Waals surface area contributed by atoms with Crippen LogP contribution in [0.2, 0.25) is 5.02 Å². The summed E-state index contributed by atoms with van der Waals surface area (Å²) >= 11 is 6.38. The number of hydrogen-bond acceptors (Lipinski definition) is 3. The van der Waals surface area contributed by atoms with E-state index in [9.17, 15) is 0 Å². The number of nitrogens with zero attached hydrogens (tertiary/aromatic N) is 3. The molecule has 0 N–H and O–H groups in total. The van der Waals surface area contributed by atoms with Gasteiger partial charge in [0.05, 0.1) is 13.4 Å². The highest BCUT2D eigenvalue weighted by atomic mass is 35.5. The Morgan fingerprint density at radius 2 is 1.77 bits per heavy atom. The van der Waals surface area contributed by atoms with Crippen LogP contribution in [0.25, 0.3) is 0 Å². The molecule has 0 amide bonds. The molecule has 3 aromatic rings. The molecule has 0 aliphatic rings. The second-order valence-corrected chi connectivity index (χ2v) is 6.68. The Bertz CT molecular complexity index is 805. The average Bonchev–Trinajstić information content (AvgIpc) is 3.17. The molecule has 0 bridgehead atoms. The van der Waals surface area contributed by atoms with Crippen LogP contribution in [0.3, 0.4) is 0 Å². The number of aromatic nitrogens is 2. The summed E-state index contributed by atoms with van der Waals surface area (Å²) in [6.07, 6.45) is 6.71. The summed E-state index contributed by atoms with van der Waals surface area (Å²) in [6, 6.07) is 16.2. The van der Waals surface area contributed by atoms with E-state index in [0.29, 0.717) is 0 Å². The van der Waals surface area contributed by atoms with Crippen molar-refractivity contribution in [1.82, 2.24) is 14.5 Å². The van der Waals surface area contributed by atoms with Gasteiger partial charge in [-0.2, -0.15) is 0 Å². The molecule has 0 saturated carbocycles. The molecule has 0 saturated heterocycles. The van der Waals surface area contributed by atoms with Crippen LogP contribution < -0.4 is 4.74 Å². The Hall–Kier alpha value is -2.30. The topological polar surface area (TPSA) is 30.3 Å².